The first-order valence-electron chi connectivity index (χ1n) is 10.4. The molecule has 8 heteroatoms. The van der Waals surface area contributed by atoms with Gasteiger partial charge in [-0.2, -0.15) is 0 Å². The fourth-order valence-corrected chi connectivity index (χ4v) is 2.86. The minimum Gasteiger partial charge on any atom is -0.479 e. The minimum atomic E-state index is -2.31. The van der Waals surface area contributed by atoms with Crippen LogP contribution in [0.5, 0.6) is 0 Å². The van der Waals surface area contributed by atoms with Gasteiger partial charge in [0.1, 0.15) is 12.2 Å². The van der Waals surface area contributed by atoms with Crippen LogP contribution in [0.3, 0.4) is 0 Å². The standard InChI is InChI=1S/C20H38O8/c1-2-3-4-5-6-7-8-9-10-11-12-13-14-28-20(27)18(24)16(22)15(21)17(23)19(25)26/h15-18,21-24H,2-14H2,1H3,(H,25,26). The molecule has 5 N–H and O–H groups in total. The lowest BCUT2D eigenvalue weighted by molar-refractivity contribution is -0.176. The largest absolute Gasteiger partial charge is 0.479 e. The molecule has 0 aromatic heterocycles. The molecule has 0 aromatic carbocycles. The molecule has 0 spiro atoms. The highest BCUT2D eigenvalue weighted by Gasteiger charge is 2.38. The summed E-state index contributed by atoms with van der Waals surface area (Å²) in [4.78, 5) is 22.1. The molecule has 8 nitrogen and oxygen atoms in total. The molecular formula is C20H38O8. The van der Waals surface area contributed by atoms with Crippen LogP contribution in [0, 0.1) is 0 Å². The zero-order valence-corrected chi connectivity index (χ0v) is 17.0. The zero-order valence-electron chi connectivity index (χ0n) is 17.0. The van der Waals surface area contributed by atoms with Crippen molar-refractivity contribution >= 4 is 11.9 Å². The molecule has 0 bridgehead atoms. The molecule has 0 saturated carbocycles. The Morgan fingerprint density at radius 2 is 1.07 bits per heavy atom. The van der Waals surface area contributed by atoms with E-state index in [4.69, 9.17) is 14.9 Å². The summed E-state index contributed by atoms with van der Waals surface area (Å²) in [5.41, 5.74) is 0. The number of carboxylic acid groups (broad SMARTS) is 1. The number of ether oxygens (including phenoxy) is 1. The highest BCUT2D eigenvalue weighted by molar-refractivity contribution is 5.76. The van der Waals surface area contributed by atoms with Crippen molar-refractivity contribution in [2.75, 3.05) is 6.61 Å². The van der Waals surface area contributed by atoms with Gasteiger partial charge >= 0.3 is 11.9 Å². The molecule has 0 fully saturated rings. The third kappa shape index (κ3) is 12.3. The quantitative estimate of drug-likeness (QED) is 0.171. The SMILES string of the molecule is CCCCCCCCCCCCCCOC(=O)C(O)C(O)C(O)C(O)C(=O)O. The summed E-state index contributed by atoms with van der Waals surface area (Å²) < 4.78 is 4.82. The van der Waals surface area contributed by atoms with Gasteiger partial charge in [0.2, 0.25) is 0 Å². The number of carbonyl (C=O) groups excluding carboxylic acids is 1. The van der Waals surface area contributed by atoms with E-state index in [0.717, 1.165) is 19.3 Å². The Kier molecular flexibility index (Phi) is 16.0. The van der Waals surface area contributed by atoms with E-state index in [-0.39, 0.29) is 6.61 Å². The fraction of sp³-hybridized carbons (Fsp3) is 0.900. The lowest BCUT2D eigenvalue weighted by Crippen LogP contribution is -2.50. The number of carboxylic acids is 1. The highest BCUT2D eigenvalue weighted by Crippen LogP contribution is 2.12. The maximum absolute atomic E-state index is 11.6. The molecule has 4 atom stereocenters. The van der Waals surface area contributed by atoms with Crippen molar-refractivity contribution in [3.05, 3.63) is 0 Å². The molecule has 0 aliphatic heterocycles. The van der Waals surface area contributed by atoms with Gasteiger partial charge in [-0.25, -0.2) is 9.59 Å². The first-order chi connectivity index (χ1) is 13.3. The van der Waals surface area contributed by atoms with Gasteiger partial charge in [-0.3, -0.25) is 0 Å². The van der Waals surface area contributed by atoms with Gasteiger partial charge in [-0.1, -0.05) is 77.6 Å². The highest BCUT2D eigenvalue weighted by atomic mass is 16.5. The average molecular weight is 407 g/mol. The first kappa shape index (κ1) is 26.8. The predicted molar refractivity (Wildman–Crippen MR) is 104 cm³/mol. The van der Waals surface area contributed by atoms with Gasteiger partial charge in [-0.05, 0) is 6.42 Å². The number of hydrogen-bond donors (Lipinski definition) is 5. The summed E-state index contributed by atoms with van der Waals surface area (Å²) >= 11 is 0. The summed E-state index contributed by atoms with van der Waals surface area (Å²) in [7, 11) is 0. The van der Waals surface area contributed by atoms with Crippen molar-refractivity contribution in [3.8, 4) is 0 Å². The molecule has 0 aliphatic carbocycles. The van der Waals surface area contributed by atoms with Crippen molar-refractivity contribution in [3.63, 3.8) is 0 Å². The predicted octanol–water partition coefficient (Wildman–Crippen LogP) is 1.76. The van der Waals surface area contributed by atoms with Crippen LogP contribution in [0.1, 0.15) is 84.0 Å². The Hall–Kier alpha value is -1.22. The van der Waals surface area contributed by atoms with E-state index in [1.54, 1.807) is 0 Å². The lowest BCUT2D eigenvalue weighted by Gasteiger charge is -2.23. The topological polar surface area (TPSA) is 145 Å². The molecule has 28 heavy (non-hydrogen) atoms. The number of hydrogen-bond acceptors (Lipinski definition) is 7. The van der Waals surface area contributed by atoms with Gasteiger partial charge in [0, 0.05) is 0 Å². The normalized spacial score (nSPS) is 15.6. The van der Waals surface area contributed by atoms with E-state index in [1.807, 2.05) is 0 Å². The molecule has 0 radical (unpaired) electrons. The van der Waals surface area contributed by atoms with Crippen LogP contribution in [-0.2, 0) is 14.3 Å². The molecule has 0 amide bonds. The molecule has 0 aromatic rings. The number of esters is 1. The second-order valence-electron chi connectivity index (χ2n) is 7.27. The van der Waals surface area contributed by atoms with E-state index >= 15 is 0 Å². The lowest BCUT2D eigenvalue weighted by atomic mass is 10.0. The monoisotopic (exact) mass is 406 g/mol. The molecule has 0 saturated heterocycles. The molecular weight excluding hydrogens is 368 g/mol. The maximum Gasteiger partial charge on any atom is 0.337 e. The molecule has 0 heterocycles. The average Bonchev–Trinajstić information content (AvgIpc) is 2.68. The Balaban J connectivity index is 3.67. The molecule has 0 rings (SSSR count). The third-order valence-electron chi connectivity index (χ3n) is 4.73. The Morgan fingerprint density at radius 3 is 1.50 bits per heavy atom. The van der Waals surface area contributed by atoms with Crippen LogP contribution < -0.4 is 0 Å². The number of aliphatic carboxylic acids is 1. The number of unbranched alkanes of at least 4 members (excludes halogenated alkanes) is 11. The van der Waals surface area contributed by atoms with Crippen LogP contribution in [0.15, 0.2) is 0 Å². The number of aliphatic hydroxyl groups excluding tert-OH is 4. The van der Waals surface area contributed by atoms with Crippen molar-refractivity contribution in [2.45, 2.75) is 108 Å². The Morgan fingerprint density at radius 1 is 0.679 bits per heavy atom. The summed E-state index contributed by atoms with van der Waals surface area (Å²) in [6, 6.07) is 0. The van der Waals surface area contributed by atoms with Gasteiger partial charge < -0.3 is 30.3 Å². The molecule has 4 unspecified atom stereocenters. The van der Waals surface area contributed by atoms with E-state index < -0.39 is 36.4 Å². The second-order valence-corrected chi connectivity index (χ2v) is 7.27. The molecule has 166 valence electrons. The van der Waals surface area contributed by atoms with Crippen LogP contribution in [0.2, 0.25) is 0 Å². The van der Waals surface area contributed by atoms with E-state index in [9.17, 15) is 24.9 Å². The van der Waals surface area contributed by atoms with Gasteiger partial charge in [-0.15, -0.1) is 0 Å². The van der Waals surface area contributed by atoms with Crippen molar-refractivity contribution in [1.82, 2.24) is 0 Å². The zero-order chi connectivity index (χ0) is 21.4. The maximum atomic E-state index is 11.6. The smallest absolute Gasteiger partial charge is 0.337 e. The van der Waals surface area contributed by atoms with E-state index in [0.29, 0.717) is 6.42 Å². The van der Waals surface area contributed by atoms with E-state index in [1.165, 1.54) is 51.4 Å². The minimum absolute atomic E-state index is 0.0671. The van der Waals surface area contributed by atoms with Crippen LogP contribution in [0.25, 0.3) is 0 Å². The number of carbonyl (C=O) groups is 2. The molecule has 0 aliphatic rings. The summed E-state index contributed by atoms with van der Waals surface area (Å²) in [6.07, 6.45) is 5.15. The van der Waals surface area contributed by atoms with Crippen molar-refractivity contribution in [2.24, 2.45) is 0 Å². The Labute approximate surface area is 167 Å². The number of rotatable bonds is 18. The number of aliphatic hydroxyl groups is 4. The van der Waals surface area contributed by atoms with Crippen molar-refractivity contribution < 1.29 is 39.9 Å². The van der Waals surface area contributed by atoms with Crippen molar-refractivity contribution in [1.29, 1.82) is 0 Å². The first-order valence-corrected chi connectivity index (χ1v) is 10.4. The summed E-state index contributed by atoms with van der Waals surface area (Å²) in [5.74, 6) is -2.93. The van der Waals surface area contributed by atoms with Gasteiger partial charge in [0.25, 0.3) is 0 Å². The van der Waals surface area contributed by atoms with Crippen LogP contribution >= 0.6 is 0 Å². The van der Waals surface area contributed by atoms with E-state index in [2.05, 4.69) is 6.92 Å². The second kappa shape index (κ2) is 16.7. The Bertz CT molecular complexity index is 415. The fourth-order valence-electron chi connectivity index (χ4n) is 2.86. The third-order valence-corrected chi connectivity index (χ3v) is 4.73. The van der Waals surface area contributed by atoms with Gasteiger partial charge in [0.05, 0.1) is 6.61 Å². The van der Waals surface area contributed by atoms with Crippen LogP contribution in [0.4, 0.5) is 0 Å². The van der Waals surface area contributed by atoms with Gasteiger partial charge in [0.15, 0.2) is 12.2 Å². The summed E-state index contributed by atoms with van der Waals surface area (Å²) in [6.45, 7) is 2.28. The van der Waals surface area contributed by atoms with Crippen LogP contribution in [-0.4, -0.2) is 68.5 Å². The summed E-state index contributed by atoms with van der Waals surface area (Å²) in [5, 5.41) is 46.2.